The van der Waals surface area contributed by atoms with Crippen molar-refractivity contribution >= 4 is 39.2 Å². The molecular weight excluding hydrogens is 392 g/mol. The lowest BCUT2D eigenvalue weighted by Crippen LogP contribution is -2.30. The molecule has 0 saturated carbocycles. The average molecular weight is 411 g/mol. The van der Waals surface area contributed by atoms with Gasteiger partial charge in [-0.05, 0) is 49.4 Å². The minimum atomic E-state index is -3.70. The molecule has 1 amide bonds. The van der Waals surface area contributed by atoms with Crippen LogP contribution in [0.25, 0.3) is 0 Å². The minimum Gasteiger partial charge on any atom is -0.449 e. The highest BCUT2D eigenvalue weighted by molar-refractivity contribution is 7.89. The van der Waals surface area contributed by atoms with E-state index in [9.17, 15) is 18.0 Å². The SMILES string of the molecule is CCNS(=O)(=O)c1cccc(C(=O)O[C@@H](C)C(=O)Nc2ccc(Cl)cc2)c1. The zero-order valence-electron chi connectivity index (χ0n) is 14.7. The quantitative estimate of drug-likeness (QED) is 0.683. The molecule has 0 aliphatic heterocycles. The summed E-state index contributed by atoms with van der Waals surface area (Å²) in [4.78, 5) is 24.3. The molecule has 7 nitrogen and oxygen atoms in total. The lowest BCUT2D eigenvalue weighted by molar-refractivity contribution is -0.123. The second kappa shape index (κ2) is 8.98. The minimum absolute atomic E-state index is 0.0279. The van der Waals surface area contributed by atoms with Gasteiger partial charge in [0.25, 0.3) is 5.91 Å². The fraction of sp³-hybridized carbons (Fsp3) is 0.222. The number of rotatable bonds is 7. The van der Waals surface area contributed by atoms with Crippen LogP contribution in [0.5, 0.6) is 0 Å². The fourth-order valence-corrected chi connectivity index (χ4v) is 3.34. The Kier molecular flexibility index (Phi) is 6.95. The summed E-state index contributed by atoms with van der Waals surface area (Å²) in [6.45, 7) is 3.29. The number of hydrogen-bond donors (Lipinski definition) is 2. The third-order valence-corrected chi connectivity index (χ3v) is 5.27. The number of anilines is 1. The van der Waals surface area contributed by atoms with Gasteiger partial charge in [0.1, 0.15) is 0 Å². The van der Waals surface area contributed by atoms with E-state index in [2.05, 4.69) is 10.0 Å². The van der Waals surface area contributed by atoms with Crippen molar-refractivity contribution in [1.29, 1.82) is 0 Å². The first-order valence-corrected chi connectivity index (χ1v) is 9.96. The van der Waals surface area contributed by atoms with Crippen LogP contribution in [0.1, 0.15) is 24.2 Å². The Bertz CT molecular complexity index is 929. The van der Waals surface area contributed by atoms with Crippen LogP contribution in [0.3, 0.4) is 0 Å². The topological polar surface area (TPSA) is 102 Å². The van der Waals surface area contributed by atoms with Crippen LogP contribution in [0.15, 0.2) is 53.4 Å². The van der Waals surface area contributed by atoms with E-state index in [4.69, 9.17) is 16.3 Å². The van der Waals surface area contributed by atoms with Gasteiger partial charge < -0.3 is 10.1 Å². The molecule has 1 atom stereocenters. The Morgan fingerprint density at radius 1 is 1.15 bits per heavy atom. The molecular formula is C18H19ClN2O5S. The molecule has 9 heteroatoms. The summed E-state index contributed by atoms with van der Waals surface area (Å²) < 4.78 is 31.5. The van der Waals surface area contributed by atoms with Gasteiger partial charge in [-0.3, -0.25) is 4.79 Å². The molecule has 0 unspecified atom stereocenters. The van der Waals surface area contributed by atoms with E-state index in [0.29, 0.717) is 10.7 Å². The van der Waals surface area contributed by atoms with Crippen LogP contribution in [0, 0.1) is 0 Å². The average Bonchev–Trinajstić information content (AvgIpc) is 2.63. The molecule has 0 aromatic heterocycles. The molecule has 0 fully saturated rings. The number of hydrogen-bond acceptors (Lipinski definition) is 5. The van der Waals surface area contributed by atoms with E-state index < -0.39 is 28.0 Å². The van der Waals surface area contributed by atoms with Crippen LogP contribution in [-0.2, 0) is 19.6 Å². The van der Waals surface area contributed by atoms with E-state index in [0.717, 1.165) is 0 Å². The summed E-state index contributed by atoms with van der Waals surface area (Å²) in [5.74, 6) is -1.33. The fourth-order valence-electron chi connectivity index (χ4n) is 2.12. The number of nitrogens with one attached hydrogen (secondary N) is 2. The highest BCUT2D eigenvalue weighted by Gasteiger charge is 2.21. The monoisotopic (exact) mass is 410 g/mol. The molecule has 27 heavy (non-hydrogen) atoms. The molecule has 0 bridgehead atoms. The number of esters is 1. The third kappa shape index (κ3) is 5.78. The van der Waals surface area contributed by atoms with Gasteiger partial charge in [-0.1, -0.05) is 24.6 Å². The molecule has 144 valence electrons. The number of carbonyl (C=O) groups is 2. The molecule has 0 aliphatic carbocycles. The van der Waals surface area contributed by atoms with E-state index in [-0.39, 0.29) is 17.0 Å². The molecule has 2 rings (SSSR count). The van der Waals surface area contributed by atoms with Gasteiger partial charge in [-0.2, -0.15) is 0 Å². The summed E-state index contributed by atoms with van der Waals surface area (Å²) in [7, 11) is -3.70. The smallest absolute Gasteiger partial charge is 0.338 e. The predicted octanol–water partition coefficient (Wildman–Crippen LogP) is 2.82. The Hall–Kier alpha value is -2.42. The summed E-state index contributed by atoms with van der Waals surface area (Å²) >= 11 is 5.78. The lowest BCUT2D eigenvalue weighted by Gasteiger charge is -2.14. The van der Waals surface area contributed by atoms with Crippen molar-refractivity contribution in [1.82, 2.24) is 4.72 Å². The van der Waals surface area contributed by atoms with Crippen molar-refractivity contribution in [3.05, 3.63) is 59.1 Å². The van der Waals surface area contributed by atoms with Gasteiger partial charge in [0, 0.05) is 17.3 Å². The summed E-state index contributed by atoms with van der Waals surface area (Å²) in [6.07, 6.45) is -1.08. The van der Waals surface area contributed by atoms with E-state index >= 15 is 0 Å². The Morgan fingerprint density at radius 3 is 2.44 bits per heavy atom. The standard InChI is InChI=1S/C18H19ClN2O5S/c1-3-20-27(24,25)16-6-4-5-13(11-16)18(23)26-12(2)17(22)21-15-9-7-14(19)8-10-15/h4-12,20H,3H2,1-2H3,(H,21,22)/t12-/m0/s1. The van der Waals surface area contributed by atoms with E-state index in [1.54, 1.807) is 31.2 Å². The number of benzene rings is 2. The largest absolute Gasteiger partial charge is 0.449 e. The molecule has 0 aliphatic rings. The Balaban J connectivity index is 2.05. The van der Waals surface area contributed by atoms with Gasteiger partial charge >= 0.3 is 5.97 Å². The molecule has 0 saturated heterocycles. The van der Waals surface area contributed by atoms with Gasteiger partial charge in [-0.25, -0.2) is 17.9 Å². The van der Waals surface area contributed by atoms with Gasteiger partial charge in [-0.15, -0.1) is 0 Å². The second-order valence-corrected chi connectivity index (χ2v) is 7.78. The van der Waals surface area contributed by atoms with E-state index in [1.165, 1.54) is 31.2 Å². The second-order valence-electron chi connectivity index (χ2n) is 5.57. The summed E-state index contributed by atoms with van der Waals surface area (Å²) in [5.41, 5.74) is 0.533. The van der Waals surface area contributed by atoms with Gasteiger partial charge in [0.2, 0.25) is 10.0 Å². The maximum absolute atomic E-state index is 12.3. The normalized spacial score (nSPS) is 12.3. The van der Waals surface area contributed by atoms with Gasteiger partial charge in [0.15, 0.2) is 6.10 Å². The molecule has 2 N–H and O–H groups in total. The van der Waals surface area contributed by atoms with Crippen molar-refractivity contribution in [3.63, 3.8) is 0 Å². The maximum Gasteiger partial charge on any atom is 0.338 e. The van der Waals surface area contributed by atoms with Crippen molar-refractivity contribution in [2.75, 3.05) is 11.9 Å². The number of amides is 1. The van der Waals surface area contributed by atoms with Crippen LogP contribution in [0.2, 0.25) is 5.02 Å². The summed E-state index contributed by atoms with van der Waals surface area (Å²) in [6, 6.07) is 11.9. The predicted molar refractivity (Wildman–Crippen MR) is 102 cm³/mol. The molecule has 2 aromatic rings. The number of ether oxygens (including phenoxy) is 1. The Morgan fingerprint density at radius 2 is 1.81 bits per heavy atom. The zero-order chi connectivity index (χ0) is 20.0. The van der Waals surface area contributed by atoms with Gasteiger partial charge in [0.05, 0.1) is 10.5 Å². The molecule has 0 spiro atoms. The number of halogens is 1. The number of sulfonamides is 1. The maximum atomic E-state index is 12.3. The van der Waals surface area contributed by atoms with Crippen molar-refractivity contribution < 1.29 is 22.7 Å². The Labute approximate surface area is 162 Å². The van der Waals surface area contributed by atoms with Crippen LogP contribution < -0.4 is 10.0 Å². The lowest BCUT2D eigenvalue weighted by atomic mass is 10.2. The molecule has 0 heterocycles. The van der Waals surface area contributed by atoms with E-state index in [1.807, 2.05) is 0 Å². The summed E-state index contributed by atoms with van der Waals surface area (Å²) in [5, 5.41) is 3.13. The first-order valence-electron chi connectivity index (χ1n) is 8.10. The first kappa shape index (κ1) is 20.9. The van der Waals surface area contributed by atoms with Crippen LogP contribution >= 0.6 is 11.6 Å². The van der Waals surface area contributed by atoms with Crippen molar-refractivity contribution in [3.8, 4) is 0 Å². The van der Waals surface area contributed by atoms with Crippen LogP contribution in [-0.4, -0.2) is 32.9 Å². The van der Waals surface area contributed by atoms with Crippen molar-refractivity contribution in [2.45, 2.75) is 24.8 Å². The van der Waals surface area contributed by atoms with Crippen LogP contribution in [0.4, 0.5) is 5.69 Å². The molecule has 2 aromatic carbocycles. The first-order chi connectivity index (χ1) is 12.7. The highest BCUT2D eigenvalue weighted by Crippen LogP contribution is 2.15. The highest BCUT2D eigenvalue weighted by atomic mass is 35.5. The zero-order valence-corrected chi connectivity index (χ0v) is 16.3. The molecule has 0 radical (unpaired) electrons. The number of carbonyl (C=O) groups excluding carboxylic acids is 2. The van der Waals surface area contributed by atoms with Crippen molar-refractivity contribution in [2.24, 2.45) is 0 Å². The third-order valence-electron chi connectivity index (χ3n) is 3.48.